The number of nitrogens with zero attached hydrogens (tertiary/aromatic N) is 2. The van der Waals surface area contributed by atoms with Gasteiger partial charge in [0, 0.05) is 20.2 Å². The predicted molar refractivity (Wildman–Crippen MR) is 137 cm³/mol. The predicted octanol–water partition coefficient (Wildman–Crippen LogP) is 3.99. The van der Waals surface area contributed by atoms with Gasteiger partial charge in [-0.3, -0.25) is 14.6 Å². The van der Waals surface area contributed by atoms with E-state index >= 15 is 0 Å². The molecule has 1 N–H and O–H groups in total. The molecule has 2 aromatic carbocycles. The molecule has 0 unspecified atom stereocenters. The molecule has 3 amide bonds. The molecule has 2 saturated heterocycles. The second-order valence-electron chi connectivity index (χ2n) is 10.2. The summed E-state index contributed by atoms with van der Waals surface area (Å²) in [5, 5.41) is 2.67. The summed E-state index contributed by atoms with van der Waals surface area (Å²) in [5.41, 5.74) is -0.157. The van der Waals surface area contributed by atoms with E-state index in [2.05, 4.69) is 10.2 Å². The van der Waals surface area contributed by atoms with E-state index in [-0.39, 0.29) is 36.7 Å². The normalized spacial score (nSPS) is 22.0. The number of benzene rings is 2. The van der Waals surface area contributed by atoms with E-state index in [1.54, 1.807) is 39.2 Å². The van der Waals surface area contributed by atoms with E-state index < -0.39 is 11.1 Å². The Morgan fingerprint density at radius 3 is 2.43 bits per heavy atom. The molecule has 0 radical (unpaired) electrons. The Kier molecular flexibility index (Phi) is 8.34. The van der Waals surface area contributed by atoms with E-state index in [4.69, 9.17) is 14.2 Å². The number of halogens is 1. The van der Waals surface area contributed by atoms with Crippen LogP contribution in [0, 0.1) is 5.82 Å². The molecule has 9 heteroatoms. The number of para-hydroxylation sites is 1. The molecule has 37 heavy (non-hydrogen) atoms. The fraction of sp³-hybridized carbons (Fsp3) is 0.500. The summed E-state index contributed by atoms with van der Waals surface area (Å²) in [4.78, 5) is 27.8. The first-order valence-corrected chi connectivity index (χ1v) is 12.7. The molecule has 1 atom stereocenters. The van der Waals surface area contributed by atoms with Gasteiger partial charge in [-0.1, -0.05) is 24.3 Å². The van der Waals surface area contributed by atoms with Crippen molar-refractivity contribution in [1.82, 2.24) is 15.1 Å². The number of ether oxygens (including phenoxy) is 3. The third-order valence-electron chi connectivity index (χ3n) is 7.11. The van der Waals surface area contributed by atoms with Crippen molar-refractivity contribution < 1.29 is 28.2 Å². The van der Waals surface area contributed by atoms with Gasteiger partial charge in [0.15, 0.2) is 11.6 Å². The zero-order valence-corrected chi connectivity index (χ0v) is 21.8. The van der Waals surface area contributed by atoms with Crippen LogP contribution in [-0.4, -0.2) is 72.8 Å². The number of nitrogens with one attached hydrogen (secondary N) is 1. The highest BCUT2D eigenvalue weighted by molar-refractivity contribution is 6.06. The summed E-state index contributed by atoms with van der Waals surface area (Å²) in [7, 11) is 1.70. The minimum atomic E-state index is -0.873. The number of hydrogen-bond donors (Lipinski definition) is 1. The van der Waals surface area contributed by atoms with Crippen molar-refractivity contribution in [3.63, 3.8) is 0 Å². The van der Waals surface area contributed by atoms with Crippen molar-refractivity contribution in [3.8, 4) is 11.5 Å². The Morgan fingerprint density at radius 1 is 1.00 bits per heavy atom. The molecule has 2 aliphatic heterocycles. The van der Waals surface area contributed by atoms with Crippen LogP contribution in [-0.2, 0) is 16.1 Å². The summed E-state index contributed by atoms with van der Waals surface area (Å²) in [6.45, 7) is 6.69. The summed E-state index contributed by atoms with van der Waals surface area (Å²) in [5.74, 6) is 0.330. The molecule has 2 aliphatic rings. The number of imide groups is 1. The monoisotopic (exact) mass is 513 g/mol. The van der Waals surface area contributed by atoms with Crippen LogP contribution in [0.15, 0.2) is 48.5 Å². The van der Waals surface area contributed by atoms with Gasteiger partial charge in [0.2, 0.25) is 0 Å². The number of amides is 3. The summed E-state index contributed by atoms with van der Waals surface area (Å²) >= 11 is 0. The lowest BCUT2D eigenvalue weighted by Crippen LogP contribution is -2.40. The van der Waals surface area contributed by atoms with Crippen molar-refractivity contribution in [2.75, 3.05) is 40.0 Å². The van der Waals surface area contributed by atoms with Crippen LogP contribution in [0.4, 0.5) is 9.18 Å². The maximum Gasteiger partial charge on any atom is 0.325 e. The topological polar surface area (TPSA) is 80.3 Å². The number of urea groups is 1. The standard InChI is InChI=1S/C28H36FN3O5/c1-27(2)25(33)32(26(34)30-27)17-18-36-22-11-9-21(10-12-22)19-31-15-6-13-28(35-3,14-16-31)20-37-24-8-5-4-7-23(24)29/h4-5,7-12H,6,13-20H2,1-3H3,(H,30,34)/t28-/m0/s1. The summed E-state index contributed by atoms with van der Waals surface area (Å²) in [6.07, 6.45) is 2.59. The first kappa shape index (κ1) is 26.9. The van der Waals surface area contributed by atoms with Gasteiger partial charge in [0.1, 0.15) is 30.1 Å². The lowest BCUT2D eigenvalue weighted by molar-refractivity contribution is -0.130. The molecule has 8 nitrogen and oxygen atoms in total. The van der Waals surface area contributed by atoms with Gasteiger partial charge >= 0.3 is 6.03 Å². The largest absolute Gasteiger partial charge is 0.492 e. The highest BCUT2D eigenvalue weighted by Crippen LogP contribution is 2.29. The van der Waals surface area contributed by atoms with Crippen LogP contribution in [0.25, 0.3) is 0 Å². The minimum Gasteiger partial charge on any atom is -0.492 e. The van der Waals surface area contributed by atoms with Gasteiger partial charge < -0.3 is 19.5 Å². The van der Waals surface area contributed by atoms with Gasteiger partial charge in [-0.05, 0) is 69.5 Å². The third-order valence-corrected chi connectivity index (χ3v) is 7.11. The number of rotatable bonds is 10. The third kappa shape index (κ3) is 6.59. The number of methoxy groups -OCH3 is 1. The second kappa shape index (κ2) is 11.5. The zero-order valence-electron chi connectivity index (χ0n) is 21.8. The van der Waals surface area contributed by atoms with E-state index in [0.29, 0.717) is 12.4 Å². The lowest BCUT2D eigenvalue weighted by Gasteiger charge is -2.31. The number of likely N-dealkylation sites (tertiary alicyclic amines) is 1. The Morgan fingerprint density at radius 2 is 1.76 bits per heavy atom. The van der Waals surface area contributed by atoms with Gasteiger partial charge in [0.05, 0.1) is 6.54 Å². The van der Waals surface area contributed by atoms with Gasteiger partial charge in [-0.15, -0.1) is 0 Å². The number of carbonyl (C=O) groups excluding carboxylic acids is 2. The Balaban J connectivity index is 1.24. The summed E-state index contributed by atoms with van der Waals surface area (Å²) < 4.78 is 31.4. The van der Waals surface area contributed by atoms with Crippen molar-refractivity contribution in [2.45, 2.75) is 50.8 Å². The first-order valence-electron chi connectivity index (χ1n) is 12.7. The van der Waals surface area contributed by atoms with Crippen LogP contribution >= 0.6 is 0 Å². The molecule has 0 aromatic heterocycles. The maximum absolute atomic E-state index is 14.0. The van der Waals surface area contributed by atoms with Crippen LogP contribution in [0.5, 0.6) is 11.5 Å². The van der Waals surface area contributed by atoms with E-state index in [1.165, 1.54) is 11.0 Å². The van der Waals surface area contributed by atoms with Gasteiger partial charge in [-0.25, -0.2) is 9.18 Å². The Labute approximate surface area is 217 Å². The van der Waals surface area contributed by atoms with Crippen LogP contribution in [0.1, 0.15) is 38.7 Å². The van der Waals surface area contributed by atoms with E-state index in [0.717, 1.165) is 44.5 Å². The maximum atomic E-state index is 14.0. The molecule has 0 spiro atoms. The molecule has 2 heterocycles. The van der Waals surface area contributed by atoms with Crippen LogP contribution < -0.4 is 14.8 Å². The smallest absolute Gasteiger partial charge is 0.325 e. The zero-order chi connectivity index (χ0) is 26.5. The molecule has 2 aromatic rings. The minimum absolute atomic E-state index is 0.200. The molecule has 4 rings (SSSR count). The first-order chi connectivity index (χ1) is 17.7. The molecule has 2 fully saturated rings. The van der Waals surface area contributed by atoms with Crippen molar-refractivity contribution in [1.29, 1.82) is 0 Å². The molecular formula is C28H36FN3O5. The molecule has 0 bridgehead atoms. The highest BCUT2D eigenvalue weighted by Gasteiger charge is 2.44. The average molecular weight is 514 g/mol. The van der Waals surface area contributed by atoms with E-state index in [1.807, 2.05) is 24.3 Å². The van der Waals surface area contributed by atoms with Crippen LogP contribution in [0.3, 0.4) is 0 Å². The quantitative estimate of drug-likeness (QED) is 0.484. The fourth-order valence-electron chi connectivity index (χ4n) is 4.79. The van der Waals surface area contributed by atoms with Crippen molar-refractivity contribution in [2.24, 2.45) is 0 Å². The van der Waals surface area contributed by atoms with Crippen molar-refractivity contribution in [3.05, 3.63) is 59.9 Å². The Hall–Kier alpha value is -3.17. The molecular weight excluding hydrogens is 477 g/mol. The molecule has 0 aliphatic carbocycles. The van der Waals surface area contributed by atoms with Gasteiger partial charge in [-0.2, -0.15) is 0 Å². The van der Waals surface area contributed by atoms with Crippen LogP contribution in [0.2, 0.25) is 0 Å². The van der Waals surface area contributed by atoms with Gasteiger partial charge in [0.25, 0.3) is 5.91 Å². The SMILES string of the molecule is CO[C@@]1(COc2ccccc2F)CCCN(Cc2ccc(OCCN3C(=O)NC(C)(C)C3=O)cc2)CC1. The second-order valence-corrected chi connectivity index (χ2v) is 10.2. The summed E-state index contributed by atoms with van der Waals surface area (Å²) in [6, 6.07) is 13.9. The Bertz CT molecular complexity index is 1090. The highest BCUT2D eigenvalue weighted by atomic mass is 19.1. The average Bonchev–Trinajstić information content (AvgIpc) is 3.00. The fourth-order valence-corrected chi connectivity index (χ4v) is 4.79. The molecule has 0 saturated carbocycles. The number of carbonyl (C=O) groups is 2. The number of hydrogen-bond acceptors (Lipinski definition) is 6. The van der Waals surface area contributed by atoms with E-state index in [9.17, 15) is 14.0 Å². The van der Waals surface area contributed by atoms with Crippen molar-refractivity contribution >= 4 is 11.9 Å². The molecule has 200 valence electrons. The lowest BCUT2D eigenvalue weighted by atomic mass is 9.95.